The van der Waals surface area contributed by atoms with Gasteiger partial charge in [0.25, 0.3) is 0 Å². The first-order valence-corrected chi connectivity index (χ1v) is 7.31. The number of sulfone groups is 1. The molecule has 1 aromatic rings. The van der Waals surface area contributed by atoms with E-state index in [0.717, 1.165) is 12.2 Å². The molecule has 0 amide bonds. The monoisotopic (exact) mass is 245 g/mol. The van der Waals surface area contributed by atoms with E-state index in [-0.39, 0.29) is 11.5 Å². The fourth-order valence-corrected chi connectivity index (χ4v) is 2.36. The molecule has 92 valence electrons. The Morgan fingerprint density at radius 1 is 1.50 bits per heavy atom. The molecule has 0 saturated heterocycles. The average molecular weight is 245 g/mol. The summed E-state index contributed by atoms with van der Waals surface area (Å²) in [7, 11) is -2.86. The van der Waals surface area contributed by atoms with E-state index in [1.807, 2.05) is 10.8 Å². The minimum atomic E-state index is -2.86. The van der Waals surface area contributed by atoms with E-state index in [1.165, 1.54) is 0 Å². The molecule has 0 spiro atoms. The van der Waals surface area contributed by atoms with Crippen molar-refractivity contribution in [1.29, 1.82) is 0 Å². The second-order valence-corrected chi connectivity index (χ2v) is 6.14. The number of aromatic nitrogens is 2. The lowest BCUT2D eigenvalue weighted by Crippen LogP contribution is -2.14. The van der Waals surface area contributed by atoms with E-state index >= 15 is 0 Å². The van der Waals surface area contributed by atoms with E-state index < -0.39 is 9.84 Å². The molecule has 0 aliphatic carbocycles. The molecule has 0 fully saturated rings. The first-order chi connectivity index (χ1) is 7.59. The predicted octanol–water partition coefficient (Wildman–Crippen LogP) is 0.209. The number of rotatable bonds is 7. The van der Waals surface area contributed by atoms with Crippen molar-refractivity contribution >= 4 is 9.84 Å². The van der Waals surface area contributed by atoms with Gasteiger partial charge >= 0.3 is 0 Å². The van der Waals surface area contributed by atoms with Crippen LogP contribution in [0.4, 0.5) is 0 Å². The van der Waals surface area contributed by atoms with Crippen LogP contribution in [0.5, 0.6) is 0 Å². The smallest absolute Gasteiger partial charge is 0.150 e. The van der Waals surface area contributed by atoms with Crippen molar-refractivity contribution < 1.29 is 8.42 Å². The van der Waals surface area contributed by atoms with Gasteiger partial charge in [0.05, 0.1) is 5.75 Å². The number of aryl methyl sites for hydroxylation is 1. The zero-order chi connectivity index (χ0) is 12.0. The molecule has 0 atom stereocenters. The van der Waals surface area contributed by atoms with Gasteiger partial charge in [0, 0.05) is 31.1 Å². The zero-order valence-corrected chi connectivity index (χ0v) is 10.4. The fraction of sp³-hybridized carbons (Fsp3) is 0.700. The molecule has 0 aromatic carbocycles. The highest BCUT2D eigenvalue weighted by molar-refractivity contribution is 7.91. The summed E-state index contributed by atoms with van der Waals surface area (Å²) in [5.74, 6) is 1.38. The Balaban J connectivity index is 2.46. The minimum Gasteiger partial charge on any atom is -0.335 e. The molecule has 1 rings (SSSR count). The summed E-state index contributed by atoms with van der Waals surface area (Å²) in [5, 5.41) is 0. The first-order valence-electron chi connectivity index (χ1n) is 5.49. The summed E-state index contributed by atoms with van der Waals surface area (Å²) in [6.07, 6.45) is 4.94. The maximum Gasteiger partial charge on any atom is 0.150 e. The lowest BCUT2D eigenvalue weighted by molar-refractivity contribution is 0.583. The number of hydrogen-bond acceptors (Lipinski definition) is 4. The van der Waals surface area contributed by atoms with Gasteiger partial charge in [0.2, 0.25) is 0 Å². The quantitative estimate of drug-likeness (QED) is 0.745. The van der Waals surface area contributed by atoms with Gasteiger partial charge in [-0.2, -0.15) is 0 Å². The Morgan fingerprint density at radius 2 is 2.25 bits per heavy atom. The largest absolute Gasteiger partial charge is 0.335 e. The normalized spacial score (nSPS) is 11.9. The molecule has 0 saturated carbocycles. The number of nitrogens with zero attached hydrogens (tertiary/aromatic N) is 2. The molecule has 1 heterocycles. The Labute approximate surface area is 96.6 Å². The van der Waals surface area contributed by atoms with E-state index in [9.17, 15) is 8.42 Å². The van der Waals surface area contributed by atoms with E-state index in [4.69, 9.17) is 5.73 Å². The third-order valence-corrected chi connectivity index (χ3v) is 4.25. The molecular weight excluding hydrogens is 226 g/mol. The van der Waals surface area contributed by atoms with E-state index in [0.29, 0.717) is 19.5 Å². The van der Waals surface area contributed by atoms with Crippen molar-refractivity contribution in [2.75, 3.05) is 18.1 Å². The molecular formula is C10H19N3O2S. The van der Waals surface area contributed by atoms with Crippen molar-refractivity contribution in [3.8, 4) is 0 Å². The maximum absolute atomic E-state index is 11.3. The van der Waals surface area contributed by atoms with Gasteiger partial charge in [-0.15, -0.1) is 0 Å². The number of imidazole rings is 1. The first kappa shape index (κ1) is 13.2. The molecule has 0 unspecified atom stereocenters. The van der Waals surface area contributed by atoms with Gasteiger partial charge in [-0.05, 0) is 13.0 Å². The molecule has 0 bridgehead atoms. The van der Waals surface area contributed by atoms with Gasteiger partial charge in [-0.3, -0.25) is 0 Å². The fourth-order valence-electron chi connectivity index (χ4n) is 1.50. The maximum atomic E-state index is 11.3. The van der Waals surface area contributed by atoms with Crippen molar-refractivity contribution in [1.82, 2.24) is 9.55 Å². The van der Waals surface area contributed by atoms with Crippen molar-refractivity contribution in [3.05, 3.63) is 18.2 Å². The molecule has 0 aliphatic heterocycles. The van der Waals surface area contributed by atoms with Crippen LogP contribution in [0.25, 0.3) is 0 Å². The average Bonchev–Trinajstić information content (AvgIpc) is 2.66. The standard InChI is InChI=1S/C10H19N3O2S/c1-2-16(14,15)9-3-7-13-8-6-12-10(13)4-5-11/h6,8H,2-5,7,9,11H2,1H3. The molecule has 5 nitrogen and oxygen atoms in total. The van der Waals surface area contributed by atoms with Gasteiger partial charge in [0.1, 0.15) is 15.7 Å². The summed E-state index contributed by atoms with van der Waals surface area (Å²) >= 11 is 0. The Kier molecular flexibility index (Phi) is 4.95. The third kappa shape index (κ3) is 3.94. The highest BCUT2D eigenvalue weighted by Crippen LogP contribution is 2.02. The minimum absolute atomic E-state index is 0.215. The Morgan fingerprint density at radius 3 is 2.88 bits per heavy atom. The summed E-state index contributed by atoms with van der Waals surface area (Å²) < 4.78 is 24.6. The van der Waals surface area contributed by atoms with Gasteiger partial charge in [-0.1, -0.05) is 6.92 Å². The predicted molar refractivity (Wildman–Crippen MR) is 63.9 cm³/mol. The number of hydrogen-bond donors (Lipinski definition) is 1. The highest BCUT2D eigenvalue weighted by atomic mass is 32.2. The highest BCUT2D eigenvalue weighted by Gasteiger charge is 2.07. The van der Waals surface area contributed by atoms with E-state index in [2.05, 4.69) is 4.98 Å². The topological polar surface area (TPSA) is 78.0 Å². The summed E-state index contributed by atoms with van der Waals surface area (Å²) in [6.45, 7) is 2.92. The van der Waals surface area contributed by atoms with Crippen molar-refractivity contribution in [2.45, 2.75) is 26.3 Å². The molecule has 16 heavy (non-hydrogen) atoms. The van der Waals surface area contributed by atoms with Crippen LogP contribution in [0.3, 0.4) is 0 Å². The van der Waals surface area contributed by atoms with Crippen LogP contribution in [0.2, 0.25) is 0 Å². The van der Waals surface area contributed by atoms with Crippen molar-refractivity contribution in [3.63, 3.8) is 0 Å². The second kappa shape index (κ2) is 6.00. The van der Waals surface area contributed by atoms with Gasteiger partial charge < -0.3 is 10.3 Å². The lowest BCUT2D eigenvalue weighted by Gasteiger charge is -2.06. The van der Waals surface area contributed by atoms with Crippen LogP contribution < -0.4 is 5.73 Å². The van der Waals surface area contributed by atoms with Crippen LogP contribution in [0, 0.1) is 0 Å². The molecule has 0 radical (unpaired) electrons. The van der Waals surface area contributed by atoms with Crippen LogP contribution >= 0.6 is 0 Å². The molecule has 0 aliphatic rings. The SMILES string of the molecule is CCS(=O)(=O)CCCn1ccnc1CCN. The van der Waals surface area contributed by atoms with Gasteiger partial charge in [-0.25, -0.2) is 13.4 Å². The summed E-state index contributed by atoms with van der Waals surface area (Å²) in [5.41, 5.74) is 5.46. The third-order valence-electron chi connectivity index (χ3n) is 2.46. The summed E-state index contributed by atoms with van der Waals surface area (Å²) in [4.78, 5) is 4.17. The zero-order valence-electron chi connectivity index (χ0n) is 9.59. The molecule has 6 heteroatoms. The van der Waals surface area contributed by atoms with Crippen LogP contribution in [0.15, 0.2) is 12.4 Å². The van der Waals surface area contributed by atoms with Gasteiger partial charge in [0.15, 0.2) is 0 Å². The number of nitrogens with two attached hydrogens (primary N) is 1. The Hall–Kier alpha value is -0.880. The van der Waals surface area contributed by atoms with Crippen molar-refractivity contribution in [2.24, 2.45) is 5.73 Å². The lowest BCUT2D eigenvalue weighted by atomic mass is 10.4. The summed E-state index contributed by atoms with van der Waals surface area (Å²) in [6, 6.07) is 0. The molecule has 2 N–H and O–H groups in total. The van der Waals surface area contributed by atoms with E-state index in [1.54, 1.807) is 13.1 Å². The van der Waals surface area contributed by atoms with Crippen LogP contribution in [-0.4, -0.2) is 36.0 Å². The Bertz CT molecular complexity index is 411. The second-order valence-electron chi connectivity index (χ2n) is 3.67. The van der Waals surface area contributed by atoms with Crippen LogP contribution in [0.1, 0.15) is 19.2 Å². The van der Waals surface area contributed by atoms with Crippen LogP contribution in [-0.2, 0) is 22.8 Å². The molecule has 1 aromatic heterocycles.